The number of pyridine rings is 1. The SMILES string of the molecule is Cc1ccn(CCC(C)C)c(=O)c1C(=O)Nc1ccc(O)c(C)c1C. The summed E-state index contributed by atoms with van der Waals surface area (Å²) in [6.07, 6.45) is 2.62. The van der Waals surface area contributed by atoms with Crippen molar-refractivity contribution in [1.82, 2.24) is 4.57 Å². The third kappa shape index (κ3) is 4.10. The van der Waals surface area contributed by atoms with Gasteiger partial charge in [-0.2, -0.15) is 0 Å². The minimum atomic E-state index is -0.422. The van der Waals surface area contributed by atoms with Crippen molar-refractivity contribution < 1.29 is 9.90 Å². The van der Waals surface area contributed by atoms with Crippen LogP contribution in [0.2, 0.25) is 0 Å². The predicted molar refractivity (Wildman–Crippen MR) is 100 cm³/mol. The Morgan fingerprint density at radius 3 is 2.48 bits per heavy atom. The van der Waals surface area contributed by atoms with Crippen molar-refractivity contribution in [3.63, 3.8) is 0 Å². The van der Waals surface area contributed by atoms with Crippen LogP contribution in [0.1, 0.15) is 47.3 Å². The number of nitrogens with zero attached hydrogens (tertiary/aromatic N) is 1. The van der Waals surface area contributed by atoms with Gasteiger partial charge in [-0.1, -0.05) is 13.8 Å². The van der Waals surface area contributed by atoms with E-state index in [9.17, 15) is 14.7 Å². The fourth-order valence-electron chi connectivity index (χ4n) is 2.64. The zero-order valence-electron chi connectivity index (χ0n) is 15.5. The number of carbonyl (C=O) groups is 1. The van der Waals surface area contributed by atoms with Crippen LogP contribution in [0.4, 0.5) is 5.69 Å². The van der Waals surface area contributed by atoms with Crippen molar-refractivity contribution >= 4 is 11.6 Å². The molecule has 1 heterocycles. The van der Waals surface area contributed by atoms with E-state index in [1.165, 1.54) is 6.07 Å². The zero-order valence-corrected chi connectivity index (χ0v) is 15.5. The standard InChI is InChI=1S/C20H26N2O3/c1-12(2)8-10-22-11-9-13(3)18(20(22)25)19(24)21-16-6-7-17(23)15(5)14(16)4/h6-7,9,11-12,23H,8,10H2,1-5H3,(H,21,24). The number of benzene rings is 1. The van der Waals surface area contributed by atoms with Crippen LogP contribution in [0, 0.1) is 26.7 Å². The summed E-state index contributed by atoms with van der Waals surface area (Å²) in [6, 6.07) is 4.98. The number of amides is 1. The highest BCUT2D eigenvalue weighted by atomic mass is 16.3. The van der Waals surface area contributed by atoms with Gasteiger partial charge in [-0.25, -0.2) is 0 Å². The number of anilines is 1. The topological polar surface area (TPSA) is 71.3 Å². The maximum absolute atomic E-state index is 12.7. The van der Waals surface area contributed by atoms with E-state index in [0.717, 1.165) is 12.0 Å². The average Bonchev–Trinajstić information content (AvgIpc) is 2.54. The first-order valence-corrected chi connectivity index (χ1v) is 8.53. The Kier molecular flexibility index (Phi) is 5.67. The van der Waals surface area contributed by atoms with E-state index >= 15 is 0 Å². The van der Waals surface area contributed by atoms with Gasteiger partial charge in [0.25, 0.3) is 11.5 Å². The minimum absolute atomic E-state index is 0.163. The first-order chi connectivity index (χ1) is 11.7. The van der Waals surface area contributed by atoms with Crippen molar-refractivity contribution in [2.45, 2.75) is 47.6 Å². The third-order valence-electron chi connectivity index (χ3n) is 4.55. The molecule has 0 bridgehead atoms. The molecule has 0 spiro atoms. The molecule has 0 aliphatic carbocycles. The number of phenolic OH excluding ortho intramolecular Hbond substituents is 1. The summed E-state index contributed by atoms with van der Waals surface area (Å²) in [5.41, 5.74) is 2.62. The molecular formula is C20H26N2O3. The van der Waals surface area contributed by atoms with E-state index < -0.39 is 5.91 Å². The smallest absolute Gasteiger partial charge is 0.263 e. The van der Waals surface area contributed by atoms with Gasteiger partial charge in [-0.05, 0) is 68.0 Å². The Bertz CT molecular complexity index is 851. The molecule has 0 fully saturated rings. The number of nitrogens with one attached hydrogen (secondary N) is 1. The lowest BCUT2D eigenvalue weighted by atomic mass is 10.1. The number of rotatable bonds is 5. The molecule has 0 saturated heterocycles. The first kappa shape index (κ1) is 18.8. The van der Waals surface area contributed by atoms with Crippen molar-refractivity contribution in [2.24, 2.45) is 5.92 Å². The Labute approximate surface area is 148 Å². The molecule has 5 heteroatoms. The van der Waals surface area contributed by atoms with E-state index in [2.05, 4.69) is 19.2 Å². The van der Waals surface area contributed by atoms with Gasteiger partial charge in [-0.15, -0.1) is 0 Å². The molecule has 134 valence electrons. The van der Waals surface area contributed by atoms with E-state index in [-0.39, 0.29) is 16.9 Å². The molecule has 0 aliphatic rings. The van der Waals surface area contributed by atoms with Crippen LogP contribution in [-0.4, -0.2) is 15.6 Å². The van der Waals surface area contributed by atoms with Gasteiger partial charge in [0.2, 0.25) is 0 Å². The fourth-order valence-corrected chi connectivity index (χ4v) is 2.64. The average molecular weight is 342 g/mol. The number of phenols is 1. The number of carbonyl (C=O) groups excluding carboxylic acids is 1. The monoisotopic (exact) mass is 342 g/mol. The second-order valence-electron chi connectivity index (χ2n) is 6.89. The van der Waals surface area contributed by atoms with Crippen molar-refractivity contribution in [3.8, 4) is 5.75 Å². The highest BCUT2D eigenvalue weighted by Crippen LogP contribution is 2.26. The number of aromatic nitrogens is 1. The van der Waals surface area contributed by atoms with Gasteiger partial charge < -0.3 is 15.0 Å². The van der Waals surface area contributed by atoms with Crippen LogP contribution in [-0.2, 0) is 6.54 Å². The van der Waals surface area contributed by atoms with Gasteiger partial charge in [0.05, 0.1) is 0 Å². The van der Waals surface area contributed by atoms with Crippen molar-refractivity contribution in [3.05, 3.63) is 57.0 Å². The lowest BCUT2D eigenvalue weighted by molar-refractivity contribution is 0.102. The summed E-state index contributed by atoms with van der Waals surface area (Å²) < 4.78 is 1.59. The van der Waals surface area contributed by atoms with Crippen molar-refractivity contribution in [2.75, 3.05) is 5.32 Å². The first-order valence-electron chi connectivity index (χ1n) is 8.53. The highest BCUT2D eigenvalue weighted by Gasteiger charge is 2.17. The molecule has 1 aromatic heterocycles. The maximum atomic E-state index is 12.7. The quantitative estimate of drug-likeness (QED) is 0.812. The van der Waals surface area contributed by atoms with Crippen LogP contribution in [0.3, 0.4) is 0 Å². The Morgan fingerprint density at radius 1 is 1.16 bits per heavy atom. The molecule has 25 heavy (non-hydrogen) atoms. The number of hydrogen-bond acceptors (Lipinski definition) is 3. The lowest BCUT2D eigenvalue weighted by Gasteiger charge is -2.14. The summed E-state index contributed by atoms with van der Waals surface area (Å²) in [4.78, 5) is 25.4. The van der Waals surface area contributed by atoms with Gasteiger partial charge in [-0.3, -0.25) is 9.59 Å². The van der Waals surface area contributed by atoms with Gasteiger partial charge in [0.15, 0.2) is 0 Å². The molecule has 2 rings (SSSR count). The minimum Gasteiger partial charge on any atom is -0.508 e. The maximum Gasteiger partial charge on any atom is 0.263 e. The van der Waals surface area contributed by atoms with E-state index in [0.29, 0.717) is 29.3 Å². The molecule has 5 nitrogen and oxygen atoms in total. The van der Waals surface area contributed by atoms with Gasteiger partial charge >= 0.3 is 0 Å². The normalized spacial score (nSPS) is 11.0. The molecule has 0 aliphatic heterocycles. The molecule has 1 amide bonds. The molecular weight excluding hydrogens is 316 g/mol. The van der Waals surface area contributed by atoms with Crippen LogP contribution >= 0.6 is 0 Å². The second-order valence-corrected chi connectivity index (χ2v) is 6.89. The summed E-state index contributed by atoms with van der Waals surface area (Å²) in [7, 11) is 0. The highest BCUT2D eigenvalue weighted by molar-refractivity contribution is 6.05. The van der Waals surface area contributed by atoms with Crippen LogP contribution in [0.5, 0.6) is 5.75 Å². The van der Waals surface area contributed by atoms with E-state index in [1.807, 2.05) is 6.92 Å². The molecule has 1 aromatic carbocycles. The second kappa shape index (κ2) is 7.55. The summed E-state index contributed by atoms with van der Waals surface area (Å²) in [6.45, 7) is 10.2. The van der Waals surface area contributed by atoms with Crippen LogP contribution < -0.4 is 10.9 Å². The van der Waals surface area contributed by atoms with Crippen LogP contribution in [0.15, 0.2) is 29.2 Å². The van der Waals surface area contributed by atoms with E-state index in [4.69, 9.17) is 0 Å². The summed E-state index contributed by atoms with van der Waals surface area (Å²) in [5, 5.41) is 12.5. The van der Waals surface area contributed by atoms with E-state index in [1.54, 1.807) is 36.7 Å². The predicted octanol–water partition coefficient (Wildman–Crippen LogP) is 3.78. The third-order valence-corrected chi connectivity index (χ3v) is 4.55. The number of aromatic hydroxyl groups is 1. The molecule has 0 atom stereocenters. The molecule has 2 N–H and O–H groups in total. The molecule has 0 saturated carbocycles. The largest absolute Gasteiger partial charge is 0.508 e. The lowest BCUT2D eigenvalue weighted by Crippen LogP contribution is -2.30. The number of hydrogen-bond donors (Lipinski definition) is 2. The fraction of sp³-hybridized carbons (Fsp3) is 0.400. The number of aryl methyl sites for hydroxylation is 2. The zero-order chi connectivity index (χ0) is 18.7. The molecule has 0 radical (unpaired) electrons. The Balaban J connectivity index is 2.35. The Hall–Kier alpha value is -2.56. The van der Waals surface area contributed by atoms with Gasteiger partial charge in [0, 0.05) is 18.4 Å². The summed E-state index contributed by atoms with van der Waals surface area (Å²) in [5.74, 6) is 0.241. The summed E-state index contributed by atoms with van der Waals surface area (Å²) >= 11 is 0. The van der Waals surface area contributed by atoms with Crippen LogP contribution in [0.25, 0.3) is 0 Å². The van der Waals surface area contributed by atoms with Gasteiger partial charge in [0.1, 0.15) is 11.3 Å². The molecule has 0 unspecified atom stereocenters. The van der Waals surface area contributed by atoms with Crippen molar-refractivity contribution in [1.29, 1.82) is 0 Å². The Morgan fingerprint density at radius 2 is 1.84 bits per heavy atom. The molecule has 2 aromatic rings.